The highest BCUT2D eigenvalue weighted by Crippen LogP contribution is 2.37. The van der Waals surface area contributed by atoms with Crippen molar-refractivity contribution in [3.05, 3.63) is 46.3 Å². The Morgan fingerprint density at radius 1 is 1.20 bits per heavy atom. The average Bonchev–Trinajstić information content (AvgIpc) is 2.79. The number of hydrogen-bond donors (Lipinski definition) is 1. The van der Waals surface area contributed by atoms with Gasteiger partial charge in [0.05, 0.1) is 5.56 Å². The van der Waals surface area contributed by atoms with E-state index in [-0.39, 0.29) is 5.91 Å². The van der Waals surface area contributed by atoms with Gasteiger partial charge in [-0.3, -0.25) is 4.79 Å². The molecule has 1 amide bonds. The Balaban J connectivity index is 1.52. The molecule has 2 aromatic rings. The lowest BCUT2D eigenvalue weighted by Crippen LogP contribution is -2.11. The van der Waals surface area contributed by atoms with Crippen molar-refractivity contribution in [2.45, 2.75) is 49.8 Å². The van der Waals surface area contributed by atoms with Crippen molar-refractivity contribution in [2.24, 2.45) is 0 Å². The summed E-state index contributed by atoms with van der Waals surface area (Å²) in [6, 6.07) is 12.6. The van der Waals surface area contributed by atoms with Gasteiger partial charge in [-0.05, 0) is 55.6 Å². The Labute approximate surface area is 157 Å². The molecule has 1 aliphatic rings. The molecule has 0 spiro atoms. The Morgan fingerprint density at radius 3 is 2.80 bits per heavy atom. The number of fused-ring (bicyclic) bond motifs is 1. The standard InChI is InChI=1S/C20H22N2OS2/c21-14-17-16-10-5-2-6-11-18(16)25-20(17)22-19(23)12-7-13-24-15-8-3-1-4-9-15/h1,3-4,8-9H,2,5-7,10-13H2,(H,22,23). The average molecular weight is 371 g/mol. The van der Waals surface area contributed by atoms with E-state index in [9.17, 15) is 10.1 Å². The van der Waals surface area contributed by atoms with Crippen molar-refractivity contribution in [1.29, 1.82) is 5.26 Å². The zero-order chi connectivity index (χ0) is 17.5. The van der Waals surface area contributed by atoms with Gasteiger partial charge < -0.3 is 5.32 Å². The molecule has 1 aromatic heterocycles. The quantitative estimate of drug-likeness (QED) is 0.421. The number of nitrogens with zero attached hydrogens (tertiary/aromatic N) is 1. The van der Waals surface area contributed by atoms with Crippen LogP contribution < -0.4 is 5.32 Å². The van der Waals surface area contributed by atoms with E-state index in [2.05, 4.69) is 23.5 Å². The largest absolute Gasteiger partial charge is 0.317 e. The van der Waals surface area contributed by atoms with Crippen molar-refractivity contribution in [2.75, 3.05) is 11.1 Å². The van der Waals surface area contributed by atoms with Crippen molar-refractivity contribution in [3.63, 3.8) is 0 Å². The Morgan fingerprint density at radius 2 is 2.00 bits per heavy atom. The third-order valence-corrected chi connectivity index (χ3v) is 6.65. The minimum absolute atomic E-state index is 0.0153. The number of carbonyl (C=O) groups excluding carboxylic acids is 1. The molecule has 130 valence electrons. The molecule has 0 bridgehead atoms. The van der Waals surface area contributed by atoms with Gasteiger partial charge in [-0.1, -0.05) is 24.6 Å². The maximum atomic E-state index is 12.2. The van der Waals surface area contributed by atoms with Crippen molar-refractivity contribution >= 4 is 34.0 Å². The highest BCUT2D eigenvalue weighted by Gasteiger charge is 2.20. The summed E-state index contributed by atoms with van der Waals surface area (Å²) in [5.41, 5.74) is 1.88. The van der Waals surface area contributed by atoms with Crippen LogP contribution in [0.3, 0.4) is 0 Å². The molecule has 25 heavy (non-hydrogen) atoms. The van der Waals surface area contributed by atoms with Gasteiger partial charge in [-0.25, -0.2) is 0 Å². The number of nitrogens with one attached hydrogen (secondary N) is 1. The molecule has 1 N–H and O–H groups in total. The Kier molecular flexibility index (Phi) is 6.55. The molecule has 0 radical (unpaired) electrons. The van der Waals surface area contributed by atoms with Gasteiger partial charge in [-0.2, -0.15) is 5.26 Å². The van der Waals surface area contributed by atoms with Gasteiger partial charge in [0.25, 0.3) is 0 Å². The number of rotatable bonds is 6. The normalized spacial score (nSPS) is 13.6. The molecule has 1 aromatic carbocycles. The van der Waals surface area contributed by atoms with Crippen LogP contribution in [0.5, 0.6) is 0 Å². The second-order valence-electron chi connectivity index (χ2n) is 6.19. The van der Waals surface area contributed by atoms with Crippen molar-refractivity contribution in [1.82, 2.24) is 0 Å². The SMILES string of the molecule is N#Cc1c(NC(=O)CCCSc2ccccc2)sc2c1CCCCC2. The predicted octanol–water partition coefficient (Wildman–Crippen LogP) is 5.40. The molecule has 1 heterocycles. The molecule has 3 rings (SSSR count). The second-order valence-corrected chi connectivity index (χ2v) is 8.47. The van der Waals surface area contributed by atoms with Gasteiger partial charge in [0.15, 0.2) is 0 Å². The lowest BCUT2D eigenvalue weighted by molar-refractivity contribution is -0.116. The molecule has 0 aliphatic heterocycles. The van der Waals surface area contributed by atoms with E-state index < -0.39 is 0 Å². The summed E-state index contributed by atoms with van der Waals surface area (Å²) in [5.74, 6) is 0.935. The number of nitriles is 1. The fraction of sp³-hybridized carbons (Fsp3) is 0.400. The van der Waals surface area contributed by atoms with Gasteiger partial charge in [0.1, 0.15) is 11.1 Å². The summed E-state index contributed by atoms with van der Waals surface area (Å²) in [6.07, 6.45) is 6.89. The summed E-state index contributed by atoms with van der Waals surface area (Å²) < 4.78 is 0. The number of thiophene rings is 1. The number of carbonyl (C=O) groups is 1. The monoisotopic (exact) mass is 370 g/mol. The first-order valence-electron chi connectivity index (χ1n) is 8.80. The zero-order valence-corrected chi connectivity index (χ0v) is 15.8. The molecule has 1 aliphatic carbocycles. The number of thioether (sulfide) groups is 1. The number of anilines is 1. The fourth-order valence-electron chi connectivity index (χ4n) is 3.08. The van der Waals surface area contributed by atoms with Crippen LogP contribution in [-0.2, 0) is 17.6 Å². The van der Waals surface area contributed by atoms with Crippen molar-refractivity contribution in [3.8, 4) is 6.07 Å². The zero-order valence-electron chi connectivity index (χ0n) is 14.2. The first-order chi connectivity index (χ1) is 12.3. The molecule has 0 atom stereocenters. The van der Waals surface area contributed by atoms with E-state index in [1.54, 1.807) is 23.1 Å². The topological polar surface area (TPSA) is 52.9 Å². The van der Waals surface area contributed by atoms with E-state index >= 15 is 0 Å². The van der Waals surface area contributed by atoms with Gasteiger partial charge in [0.2, 0.25) is 5.91 Å². The summed E-state index contributed by atoms with van der Waals surface area (Å²) >= 11 is 3.38. The van der Waals surface area contributed by atoms with Crippen LogP contribution in [0.25, 0.3) is 0 Å². The van der Waals surface area contributed by atoms with E-state index in [0.29, 0.717) is 12.0 Å². The number of benzene rings is 1. The Hall–Kier alpha value is -1.77. The lowest BCUT2D eigenvalue weighted by Gasteiger charge is -2.04. The summed E-state index contributed by atoms with van der Waals surface area (Å²) in [4.78, 5) is 14.8. The molecular formula is C20H22N2OS2. The molecule has 3 nitrogen and oxygen atoms in total. The van der Waals surface area contributed by atoms with Crippen LogP contribution in [0.1, 0.15) is 48.1 Å². The van der Waals surface area contributed by atoms with Gasteiger partial charge in [-0.15, -0.1) is 23.1 Å². The third kappa shape index (κ3) is 4.87. The fourth-order valence-corrected chi connectivity index (χ4v) is 5.21. The predicted molar refractivity (Wildman–Crippen MR) is 105 cm³/mol. The maximum Gasteiger partial charge on any atom is 0.225 e. The van der Waals surface area contributed by atoms with Gasteiger partial charge in [0, 0.05) is 16.2 Å². The van der Waals surface area contributed by atoms with Crippen LogP contribution in [0, 0.1) is 11.3 Å². The van der Waals surface area contributed by atoms with E-state index in [1.807, 2.05) is 18.2 Å². The highest BCUT2D eigenvalue weighted by atomic mass is 32.2. The highest BCUT2D eigenvalue weighted by molar-refractivity contribution is 7.99. The minimum Gasteiger partial charge on any atom is -0.317 e. The van der Waals surface area contributed by atoms with Crippen LogP contribution in [0.2, 0.25) is 0 Å². The number of hydrogen-bond acceptors (Lipinski definition) is 4. The second kappa shape index (κ2) is 9.07. The van der Waals surface area contributed by atoms with Crippen LogP contribution in [0.4, 0.5) is 5.00 Å². The summed E-state index contributed by atoms with van der Waals surface area (Å²) in [5, 5.41) is 13.3. The van der Waals surface area contributed by atoms with E-state index in [1.165, 1.54) is 28.2 Å². The Bertz CT molecular complexity index is 762. The van der Waals surface area contributed by atoms with Crippen LogP contribution >= 0.6 is 23.1 Å². The van der Waals surface area contributed by atoms with Crippen LogP contribution in [-0.4, -0.2) is 11.7 Å². The van der Waals surface area contributed by atoms with E-state index in [4.69, 9.17) is 0 Å². The minimum atomic E-state index is 0.0153. The lowest BCUT2D eigenvalue weighted by atomic mass is 10.1. The van der Waals surface area contributed by atoms with E-state index in [0.717, 1.165) is 36.4 Å². The number of aryl methyl sites for hydroxylation is 1. The molecule has 0 unspecified atom stereocenters. The first kappa shape index (κ1) is 18.0. The summed E-state index contributed by atoms with van der Waals surface area (Å²) in [6.45, 7) is 0. The summed E-state index contributed by atoms with van der Waals surface area (Å²) in [7, 11) is 0. The molecule has 0 saturated carbocycles. The first-order valence-corrected chi connectivity index (χ1v) is 10.6. The molecule has 0 saturated heterocycles. The molecular weight excluding hydrogens is 348 g/mol. The maximum absolute atomic E-state index is 12.2. The third-order valence-electron chi connectivity index (χ3n) is 4.35. The molecule has 0 fully saturated rings. The van der Waals surface area contributed by atoms with Gasteiger partial charge >= 0.3 is 0 Å². The van der Waals surface area contributed by atoms with Crippen LogP contribution in [0.15, 0.2) is 35.2 Å². The van der Waals surface area contributed by atoms with Crippen molar-refractivity contribution < 1.29 is 4.79 Å². The number of amides is 1. The molecule has 5 heteroatoms. The smallest absolute Gasteiger partial charge is 0.225 e.